The molecule has 0 unspecified atom stereocenters. The van der Waals surface area contributed by atoms with Crippen LogP contribution in [0.25, 0.3) is 11.3 Å². The van der Waals surface area contributed by atoms with Crippen molar-refractivity contribution in [3.8, 4) is 11.3 Å². The molecule has 0 aromatic carbocycles. The van der Waals surface area contributed by atoms with Crippen molar-refractivity contribution in [1.82, 2.24) is 19.4 Å². The molecule has 0 saturated carbocycles. The van der Waals surface area contributed by atoms with E-state index in [4.69, 9.17) is 0 Å². The molecule has 2 aromatic heterocycles. The highest BCUT2D eigenvalue weighted by Crippen LogP contribution is 2.18. The minimum absolute atomic E-state index is 0.0416. The van der Waals surface area contributed by atoms with Crippen molar-refractivity contribution in [3.63, 3.8) is 0 Å². The lowest BCUT2D eigenvalue weighted by Gasteiger charge is -2.38. The third-order valence-corrected chi connectivity index (χ3v) is 3.76. The molecule has 1 fully saturated rings. The van der Waals surface area contributed by atoms with Crippen molar-refractivity contribution in [2.24, 2.45) is 7.05 Å². The van der Waals surface area contributed by atoms with Gasteiger partial charge in [0.15, 0.2) is 0 Å². The maximum absolute atomic E-state index is 12.1. The molecule has 120 valence electrons. The fourth-order valence-electron chi connectivity index (χ4n) is 2.37. The van der Waals surface area contributed by atoms with E-state index in [1.807, 2.05) is 0 Å². The number of ether oxygens (including phenoxy) is 1. The van der Waals surface area contributed by atoms with Gasteiger partial charge in [0.1, 0.15) is 0 Å². The Morgan fingerprint density at radius 2 is 2.04 bits per heavy atom. The van der Waals surface area contributed by atoms with E-state index in [1.165, 1.54) is 17.7 Å². The van der Waals surface area contributed by atoms with Crippen LogP contribution >= 0.6 is 0 Å². The van der Waals surface area contributed by atoms with E-state index < -0.39 is 0 Å². The van der Waals surface area contributed by atoms with Gasteiger partial charge in [0, 0.05) is 44.2 Å². The molecule has 8 heteroatoms. The number of rotatable bonds is 3. The molecule has 1 aliphatic rings. The molecule has 3 rings (SSSR count). The lowest BCUT2D eigenvalue weighted by molar-refractivity contribution is 0.0928. The highest BCUT2D eigenvalue weighted by molar-refractivity contribution is 5.69. The van der Waals surface area contributed by atoms with Crippen LogP contribution < -0.4 is 10.9 Å². The number of nitrogens with one attached hydrogen (secondary N) is 1. The van der Waals surface area contributed by atoms with Crippen molar-refractivity contribution < 1.29 is 9.53 Å². The van der Waals surface area contributed by atoms with Crippen LogP contribution in [0, 0.1) is 0 Å². The summed E-state index contributed by atoms with van der Waals surface area (Å²) < 4.78 is 6.10. The molecule has 1 aliphatic heterocycles. The van der Waals surface area contributed by atoms with E-state index in [-0.39, 0.29) is 17.7 Å². The van der Waals surface area contributed by atoms with Gasteiger partial charge < -0.3 is 15.0 Å². The number of hydrogen-bond donors (Lipinski definition) is 1. The number of pyridine rings is 1. The second-order valence-electron chi connectivity index (χ2n) is 5.31. The number of anilines is 1. The highest BCUT2D eigenvalue weighted by Gasteiger charge is 2.31. The average molecular weight is 315 g/mol. The van der Waals surface area contributed by atoms with E-state index in [0.717, 1.165) is 5.56 Å². The molecule has 0 bridgehead atoms. The van der Waals surface area contributed by atoms with Gasteiger partial charge >= 0.3 is 6.09 Å². The Balaban J connectivity index is 1.79. The molecule has 23 heavy (non-hydrogen) atoms. The van der Waals surface area contributed by atoms with Crippen molar-refractivity contribution >= 4 is 12.0 Å². The van der Waals surface area contributed by atoms with Crippen LogP contribution in [0.5, 0.6) is 0 Å². The number of hydrogen-bond acceptors (Lipinski definition) is 6. The van der Waals surface area contributed by atoms with Crippen LogP contribution in [-0.2, 0) is 11.8 Å². The quantitative estimate of drug-likeness (QED) is 0.897. The Labute approximate surface area is 132 Å². The van der Waals surface area contributed by atoms with E-state index in [0.29, 0.717) is 24.7 Å². The summed E-state index contributed by atoms with van der Waals surface area (Å²) in [5.41, 5.74) is 1.26. The summed E-state index contributed by atoms with van der Waals surface area (Å²) in [5, 5.41) is 3.19. The molecule has 1 saturated heterocycles. The first kappa shape index (κ1) is 15.0. The zero-order valence-corrected chi connectivity index (χ0v) is 12.9. The van der Waals surface area contributed by atoms with Gasteiger partial charge in [-0.05, 0) is 12.1 Å². The van der Waals surface area contributed by atoms with Gasteiger partial charge in [-0.15, -0.1) is 0 Å². The van der Waals surface area contributed by atoms with Crippen molar-refractivity contribution in [3.05, 3.63) is 40.9 Å². The molecule has 1 amide bonds. The monoisotopic (exact) mass is 315 g/mol. The number of carbonyl (C=O) groups is 1. The van der Waals surface area contributed by atoms with Gasteiger partial charge in [-0.3, -0.25) is 14.3 Å². The zero-order valence-electron chi connectivity index (χ0n) is 12.9. The standard InChI is InChI=1S/C15H17N5O3/c1-19-13(21)7-12(10-3-5-16-6-4-10)18-14(19)17-11-8-20(9-11)15(22)23-2/h3-7,11H,8-9H2,1-2H3,(H,17,18). The van der Waals surface area contributed by atoms with Crippen LogP contribution in [0.15, 0.2) is 35.4 Å². The summed E-state index contributed by atoms with van der Waals surface area (Å²) in [7, 11) is 3.01. The Kier molecular flexibility index (Phi) is 3.96. The van der Waals surface area contributed by atoms with Gasteiger partial charge in [0.2, 0.25) is 5.95 Å². The van der Waals surface area contributed by atoms with E-state index in [9.17, 15) is 9.59 Å². The lowest BCUT2D eigenvalue weighted by atomic mass is 10.1. The first-order chi connectivity index (χ1) is 11.1. The van der Waals surface area contributed by atoms with Gasteiger partial charge in [-0.1, -0.05) is 0 Å². The Hall–Kier alpha value is -2.90. The first-order valence-corrected chi connectivity index (χ1v) is 7.16. The maximum Gasteiger partial charge on any atom is 0.409 e. The van der Waals surface area contributed by atoms with Gasteiger partial charge in [-0.2, -0.15) is 0 Å². The summed E-state index contributed by atoms with van der Waals surface area (Å²) >= 11 is 0. The third-order valence-electron chi connectivity index (χ3n) is 3.76. The first-order valence-electron chi connectivity index (χ1n) is 7.16. The Morgan fingerprint density at radius 1 is 1.35 bits per heavy atom. The molecule has 0 aliphatic carbocycles. The average Bonchev–Trinajstić information content (AvgIpc) is 2.54. The van der Waals surface area contributed by atoms with Crippen LogP contribution in [0.4, 0.5) is 10.7 Å². The lowest BCUT2D eigenvalue weighted by Crippen LogP contribution is -2.57. The van der Waals surface area contributed by atoms with Crippen molar-refractivity contribution in [1.29, 1.82) is 0 Å². The Morgan fingerprint density at radius 3 is 2.70 bits per heavy atom. The molecular formula is C15H17N5O3. The molecule has 2 aromatic rings. The predicted molar refractivity (Wildman–Crippen MR) is 84.1 cm³/mol. The van der Waals surface area contributed by atoms with Crippen molar-refractivity contribution in [2.45, 2.75) is 6.04 Å². The number of nitrogens with zero attached hydrogens (tertiary/aromatic N) is 4. The molecule has 0 atom stereocenters. The minimum atomic E-state index is -0.351. The van der Waals surface area contributed by atoms with Crippen molar-refractivity contribution in [2.75, 3.05) is 25.5 Å². The van der Waals surface area contributed by atoms with Gasteiger partial charge in [-0.25, -0.2) is 9.78 Å². The van der Waals surface area contributed by atoms with E-state index >= 15 is 0 Å². The summed E-state index contributed by atoms with van der Waals surface area (Å²) in [6, 6.07) is 5.13. The van der Waals surface area contributed by atoms with Crippen LogP contribution in [0.1, 0.15) is 0 Å². The summed E-state index contributed by atoms with van der Waals surface area (Å²) in [6.45, 7) is 1.03. The highest BCUT2D eigenvalue weighted by atomic mass is 16.5. The van der Waals surface area contributed by atoms with Crippen LogP contribution in [0.2, 0.25) is 0 Å². The number of amides is 1. The van der Waals surface area contributed by atoms with Crippen LogP contribution in [-0.4, -0.2) is 51.8 Å². The molecule has 3 heterocycles. The fraction of sp³-hybridized carbons (Fsp3) is 0.333. The zero-order chi connectivity index (χ0) is 16.4. The SMILES string of the molecule is COC(=O)N1CC(Nc2nc(-c3ccncc3)cc(=O)n2C)C1. The maximum atomic E-state index is 12.1. The summed E-state index contributed by atoms with van der Waals surface area (Å²) in [5.74, 6) is 0.471. The normalized spacial score (nSPS) is 14.3. The number of aromatic nitrogens is 3. The molecule has 0 radical (unpaired) electrons. The molecule has 0 spiro atoms. The summed E-state index contributed by atoms with van der Waals surface area (Å²) in [6.07, 6.45) is 2.96. The van der Waals surface area contributed by atoms with E-state index in [1.54, 1.807) is 36.5 Å². The molecule has 8 nitrogen and oxygen atoms in total. The summed E-state index contributed by atoms with van der Waals surface area (Å²) in [4.78, 5) is 33.5. The third kappa shape index (κ3) is 3.01. The van der Waals surface area contributed by atoms with E-state index in [2.05, 4.69) is 20.0 Å². The molecular weight excluding hydrogens is 298 g/mol. The van der Waals surface area contributed by atoms with Crippen LogP contribution in [0.3, 0.4) is 0 Å². The number of likely N-dealkylation sites (tertiary alicyclic amines) is 1. The van der Waals surface area contributed by atoms with Gasteiger partial charge in [0.05, 0.1) is 18.8 Å². The predicted octanol–water partition coefficient (Wildman–Crippen LogP) is 0.705. The van der Waals surface area contributed by atoms with Gasteiger partial charge in [0.25, 0.3) is 5.56 Å². The minimum Gasteiger partial charge on any atom is -0.453 e. The second-order valence-corrected chi connectivity index (χ2v) is 5.31. The fourth-order valence-corrected chi connectivity index (χ4v) is 2.37. The largest absolute Gasteiger partial charge is 0.453 e. The molecule has 1 N–H and O–H groups in total. The smallest absolute Gasteiger partial charge is 0.409 e. The number of methoxy groups -OCH3 is 1. The second kappa shape index (κ2) is 6.07. The number of carbonyl (C=O) groups excluding carboxylic acids is 1. The topological polar surface area (TPSA) is 89.3 Å². The Bertz CT molecular complexity index is 768.